The Kier molecular flexibility index (Phi) is 3.49. The molecule has 2 aromatic carbocycles. The topological polar surface area (TPSA) is 129 Å². The third-order valence-electron chi connectivity index (χ3n) is 3.16. The first-order valence-electron chi connectivity index (χ1n) is 5.65. The van der Waals surface area contributed by atoms with E-state index in [9.17, 15) is 21.9 Å². The van der Waals surface area contributed by atoms with Crippen LogP contribution in [-0.4, -0.2) is 31.0 Å². The second kappa shape index (κ2) is 4.67. The Bertz CT molecular complexity index is 957. The van der Waals surface area contributed by atoms with E-state index in [1.165, 1.54) is 13.8 Å². The first-order chi connectivity index (χ1) is 9.43. The highest BCUT2D eigenvalue weighted by molar-refractivity contribution is 7.86. The van der Waals surface area contributed by atoms with Gasteiger partial charge in [0.1, 0.15) is 10.6 Å². The number of benzene rings is 2. The van der Waals surface area contributed by atoms with Crippen LogP contribution < -0.4 is 0 Å². The number of fused-ring (bicyclic) bond motifs is 1. The van der Waals surface area contributed by atoms with Gasteiger partial charge in [-0.15, -0.1) is 0 Å². The average molecular weight is 332 g/mol. The van der Waals surface area contributed by atoms with E-state index in [2.05, 4.69) is 0 Å². The lowest BCUT2D eigenvalue weighted by molar-refractivity contribution is 0.466. The summed E-state index contributed by atoms with van der Waals surface area (Å²) in [6.07, 6.45) is 0. The lowest BCUT2D eigenvalue weighted by Gasteiger charge is -2.12. The van der Waals surface area contributed by atoms with Gasteiger partial charge in [0.05, 0.1) is 4.90 Å². The van der Waals surface area contributed by atoms with Gasteiger partial charge in [-0.25, -0.2) is 0 Å². The predicted octanol–water partition coefficient (Wildman–Crippen LogP) is 1.66. The third kappa shape index (κ3) is 2.72. The number of aryl methyl sites for hydroxylation is 1. The first-order valence-corrected chi connectivity index (χ1v) is 8.53. The molecule has 0 fully saturated rings. The molecular formula is C12H12O7S2. The van der Waals surface area contributed by atoms with Crippen molar-refractivity contribution >= 4 is 31.0 Å². The van der Waals surface area contributed by atoms with E-state index in [1.807, 2.05) is 0 Å². The summed E-state index contributed by atoms with van der Waals surface area (Å²) in [7, 11) is -9.06. The van der Waals surface area contributed by atoms with E-state index in [0.717, 1.165) is 18.2 Å². The van der Waals surface area contributed by atoms with Gasteiger partial charge >= 0.3 is 0 Å². The molecule has 0 saturated carbocycles. The van der Waals surface area contributed by atoms with Crippen LogP contribution in [0.4, 0.5) is 0 Å². The van der Waals surface area contributed by atoms with Crippen molar-refractivity contribution in [3.05, 3.63) is 29.3 Å². The second-order valence-electron chi connectivity index (χ2n) is 4.64. The molecule has 0 aromatic heterocycles. The summed E-state index contributed by atoms with van der Waals surface area (Å²) < 4.78 is 63.2. The Hall–Kier alpha value is -1.68. The number of hydrogen-bond acceptors (Lipinski definition) is 5. The van der Waals surface area contributed by atoms with Gasteiger partial charge in [0, 0.05) is 10.9 Å². The fourth-order valence-corrected chi connectivity index (χ4v) is 3.55. The number of rotatable bonds is 2. The van der Waals surface area contributed by atoms with Crippen LogP contribution >= 0.6 is 0 Å². The van der Waals surface area contributed by atoms with Gasteiger partial charge in [-0.05, 0) is 43.0 Å². The molecule has 0 saturated heterocycles. The SMILES string of the molecule is Cc1c(S(=O)(=O)O)cc2cc(S(=O)(=O)O)cc(C)c2c1O. The fourth-order valence-electron chi connectivity index (χ4n) is 2.19. The number of phenolic OH excluding ortho intramolecular Hbond substituents is 1. The van der Waals surface area contributed by atoms with E-state index < -0.39 is 30.0 Å². The molecule has 0 aliphatic heterocycles. The molecule has 114 valence electrons. The molecule has 0 heterocycles. The summed E-state index contributed by atoms with van der Waals surface area (Å²) in [6.45, 7) is 2.82. The number of hydrogen-bond donors (Lipinski definition) is 3. The van der Waals surface area contributed by atoms with Crippen LogP contribution in [0.15, 0.2) is 28.0 Å². The van der Waals surface area contributed by atoms with E-state index in [0.29, 0.717) is 5.56 Å². The molecule has 0 unspecified atom stereocenters. The monoisotopic (exact) mass is 332 g/mol. The maximum Gasteiger partial charge on any atom is 0.294 e. The summed E-state index contributed by atoms with van der Waals surface area (Å²) in [6, 6.07) is 3.22. The zero-order chi connectivity index (χ0) is 16.2. The molecular weight excluding hydrogens is 320 g/mol. The quantitative estimate of drug-likeness (QED) is 0.713. The van der Waals surface area contributed by atoms with Crippen molar-refractivity contribution in [1.82, 2.24) is 0 Å². The third-order valence-corrected chi connectivity index (χ3v) is 4.97. The standard InChI is InChI=1S/C12H12O7S2/c1-6-3-9(20(14,15)16)4-8-5-10(21(17,18)19)7(2)12(13)11(6)8/h3-5,13H,1-2H3,(H,14,15,16)(H,17,18,19). The lowest BCUT2D eigenvalue weighted by Crippen LogP contribution is -2.03. The molecule has 2 aromatic rings. The summed E-state index contributed by atoms with van der Waals surface area (Å²) in [5, 5.41) is 10.4. The molecule has 0 amide bonds. The normalized spacial score (nSPS) is 12.8. The maximum absolute atomic E-state index is 11.3. The van der Waals surface area contributed by atoms with Gasteiger partial charge in [-0.2, -0.15) is 16.8 Å². The molecule has 0 radical (unpaired) electrons. The first kappa shape index (κ1) is 15.7. The highest BCUT2D eigenvalue weighted by Crippen LogP contribution is 2.36. The zero-order valence-electron chi connectivity index (χ0n) is 11.0. The summed E-state index contributed by atoms with van der Waals surface area (Å²) in [5.41, 5.74) is 0.287. The van der Waals surface area contributed by atoms with E-state index in [-0.39, 0.29) is 22.1 Å². The van der Waals surface area contributed by atoms with Crippen LogP contribution in [0.2, 0.25) is 0 Å². The summed E-state index contributed by atoms with van der Waals surface area (Å²) in [4.78, 5) is -0.962. The molecule has 0 bridgehead atoms. The average Bonchev–Trinajstić information content (AvgIpc) is 2.30. The van der Waals surface area contributed by atoms with Crippen LogP contribution in [0.5, 0.6) is 5.75 Å². The molecule has 0 aliphatic rings. The molecule has 21 heavy (non-hydrogen) atoms. The smallest absolute Gasteiger partial charge is 0.294 e. The molecule has 0 atom stereocenters. The van der Waals surface area contributed by atoms with Gasteiger partial charge in [0.15, 0.2) is 0 Å². The van der Waals surface area contributed by atoms with E-state index in [1.54, 1.807) is 0 Å². The minimum absolute atomic E-state index is 0.0484. The van der Waals surface area contributed by atoms with E-state index >= 15 is 0 Å². The molecule has 0 spiro atoms. The van der Waals surface area contributed by atoms with Gasteiger partial charge in [-0.1, -0.05) is 0 Å². The Labute approximate surface area is 121 Å². The van der Waals surface area contributed by atoms with Crippen molar-refractivity contribution in [2.24, 2.45) is 0 Å². The minimum Gasteiger partial charge on any atom is -0.507 e. The Balaban J connectivity index is 3.03. The Morgan fingerprint density at radius 1 is 0.905 bits per heavy atom. The lowest BCUT2D eigenvalue weighted by atomic mass is 10.0. The highest BCUT2D eigenvalue weighted by atomic mass is 32.2. The zero-order valence-corrected chi connectivity index (χ0v) is 12.7. The van der Waals surface area contributed by atoms with Crippen molar-refractivity contribution in [2.75, 3.05) is 0 Å². The predicted molar refractivity (Wildman–Crippen MR) is 74.7 cm³/mol. The van der Waals surface area contributed by atoms with Crippen molar-refractivity contribution < 1.29 is 31.0 Å². The highest BCUT2D eigenvalue weighted by Gasteiger charge is 2.21. The van der Waals surface area contributed by atoms with Crippen LogP contribution in [-0.2, 0) is 20.2 Å². The summed E-state index contributed by atoms with van der Waals surface area (Å²) in [5.74, 6) is -0.375. The molecule has 0 aliphatic carbocycles. The van der Waals surface area contributed by atoms with Crippen molar-refractivity contribution in [2.45, 2.75) is 23.6 Å². The number of phenols is 1. The maximum atomic E-state index is 11.3. The van der Waals surface area contributed by atoms with Crippen molar-refractivity contribution in [3.8, 4) is 5.75 Å². The van der Waals surface area contributed by atoms with Crippen LogP contribution in [0.3, 0.4) is 0 Å². The van der Waals surface area contributed by atoms with Crippen LogP contribution in [0.25, 0.3) is 10.8 Å². The summed E-state index contributed by atoms with van der Waals surface area (Å²) >= 11 is 0. The van der Waals surface area contributed by atoms with Gasteiger partial charge in [0.2, 0.25) is 0 Å². The molecule has 7 nitrogen and oxygen atoms in total. The van der Waals surface area contributed by atoms with Crippen LogP contribution in [0.1, 0.15) is 11.1 Å². The minimum atomic E-state index is -4.58. The fraction of sp³-hybridized carbons (Fsp3) is 0.167. The second-order valence-corrected chi connectivity index (χ2v) is 7.45. The van der Waals surface area contributed by atoms with Crippen LogP contribution in [0, 0.1) is 13.8 Å². The largest absolute Gasteiger partial charge is 0.507 e. The number of aromatic hydroxyl groups is 1. The van der Waals surface area contributed by atoms with Gasteiger partial charge in [0.25, 0.3) is 20.2 Å². The van der Waals surface area contributed by atoms with Crippen molar-refractivity contribution in [3.63, 3.8) is 0 Å². The van der Waals surface area contributed by atoms with Crippen molar-refractivity contribution in [1.29, 1.82) is 0 Å². The van der Waals surface area contributed by atoms with Gasteiger partial charge < -0.3 is 5.11 Å². The Morgan fingerprint density at radius 3 is 1.95 bits per heavy atom. The molecule has 3 N–H and O–H groups in total. The Morgan fingerprint density at radius 2 is 1.48 bits per heavy atom. The molecule has 2 rings (SSSR count). The van der Waals surface area contributed by atoms with E-state index in [4.69, 9.17) is 9.11 Å². The van der Waals surface area contributed by atoms with Gasteiger partial charge in [-0.3, -0.25) is 9.11 Å². The molecule has 9 heteroatoms.